The van der Waals surface area contributed by atoms with Gasteiger partial charge in [0.1, 0.15) is 0 Å². The van der Waals surface area contributed by atoms with E-state index in [9.17, 15) is 0 Å². The van der Waals surface area contributed by atoms with Crippen LogP contribution in [-0.2, 0) is 4.74 Å². The van der Waals surface area contributed by atoms with Gasteiger partial charge >= 0.3 is 57.4 Å². The molecule has 0 spiro atoms. The molecule has 1 atom stereocenters. The topological polar surface area (TPSA) is 21.3 Å². The van der Waals surface area contributed by atoms with E-state index in [1.54, 1.807) is 7.11 Å². The summed E-state index contributed by atoms with van der Waals surface area (Å²) >= 11 is 2.81. The van der Waals surface area contributed by atoms with Gasteiger partial charge in [-0.3, -0.25) is 0 Å². The molecule has 0 bridgehead atoms. The fourth-order valence-electron chi connectivity index (χ4n) is 0.295. The molecule has 48 valence electrons. The van der Waals surface area contributed by atoms with Gasteiger partial charge in [0.2, 0.25) is 0 Å². The third kappa shape index (κ3) is 2.46. The molecular weight excluding hydrogens is 169 g/mol. The summed E-state index contributed by atoms with van der Waals surface area (Å²) in [5.41, 5.74) is 0. The zero-order chi connectivity index (χ0) is 6.57. The van der Waals surface area contributed by atoms with Gasteiger partial charge in [-0.15, -0.1) is 0 Å². The molecule has 3 heteroatoms. The van der Waals surface area contributed by atoms with Crippen LogP contribution in [0.15, 0.2) is 0 Å². The molecule has 0 radical (unpaired) electrons. The first-order valence-electron chi connectivity index (χ1n) is 2.47. The van der Waals surface area contributed by atoms with Crippen LogP contribution in [0.4, 0.5) is 0 Å². The van der Waals surface area contributed by atoms with Crippen molar-refractivity contribution < 1.29 is 4.74 Å². The Bertz CT molecular complexity index is 84.5. The zero-order valence-electron chi connectivity index (χ0n) is 5.39. The van der Waals surface area contributed by atoms with Crippen molar-refractivity contribution in [2.24, 2.45) is 0 Å². The van der Waals surface area contributed by atoms with Gasteiger partial charge < -0.3 is 0 Å². The Morgan fingerprint density at radius 3 is 2.38 bits per heavy atom. The molecule has 0 aromatic heterocycles. The van der Waals surface area contributed by atoms with Crippen LogP contribution >= 0.6 is 0 Å². The summed E-state index contributed by atoms with van der Waals surface area (Å²) in [5.74, 6) is 0. The zero-order valence-corrected chi connectivity index (χ0v) is 7.11. The molecular formula is C5H11NOSe. The van der Waals surface area contributed by atoms with Gasteiger partial charge in [0.25, 0.3) is 0 Å². The molecule has 0 saturated heterocycles. The van der Waals surface area contributed by atoms with E-state index in [0.29, 0.717) is 6.04 Å². The molecule has 0 amide bonds. The third-order valence-electron chi connectivity index (χ3n) is 0.988. The SMILES string of the molecule is CNC(C)C(=[Se])OC. The number of methoxy groups -OCH3 is 1. The summed E-state index contributed by atoms with van der Waals surface area (Å²) in [6, 6.07) is 0.306. The fraction of sp³-hybridized carbons (Fsp3) is 0.800. The summed E-state index contributed by atoms with van der Waals surface area (Å²) in [5, 5.41) is 3.02. The maximum absolute atomic E-state index is 4.90. The van der Waals surface area contributed by atoms with E-state index < -0.39 is 0 Å². The molecule has 0 aliphatic carbocycles. The maximum atomic E-state index is 4.90. The van der Waals surface area contributed by atoms with Crippen molar-refractivity contribution in [3.8, 4) is 0 Å². The van der Waals surface area contributed by atoms with Crippen molar-refractivity contribution in [2.45, 2.75) is 13.0 Å². The van der Waals surface area contributed by atoms with Crippen LogP contribution in [0.25, 0.3) is 0 Å². The van der Waals surface area contributed by atoms with E-state index in [1.165, 1.54) is 0 Å². The average Bonchev–Trinajstić information content (AvgIpc) is 1.84. The molecule has 2 nitrogen and oxygen atoms in total. The Morgan fingerprint density at radius 1 is 1.75 bits per heavy atom. The molecule has 0 fully saturated rings. The summed E-state index contributed by atoms with van der Waals surface area (Å²) in [6.07, 6.45) is 0. The minimum atomic E-state index is 0.306. The molecule has 1 N–H and O–H groups in total. The Labute approximate surface area is 58.0 Å². The second-order valence-electron chi connectivity index (χ2n) is 1.53. The molecule has 0 rings (SSSR count). The van der Waals surface area contributed by atoms with E-state index in [2.05, 4.69) is 20.9 Å². The molecule has 0 saturated carbocycles. The Morgan fingerprint density at radius 2 is 2.25 bits per heavy atom. The number of likely N-dealkylation sites (N-methyl/N-ethyl adjacent to an activating group) is 1. The Hall–Kier alpha value is 0.149. The van der Waals surface area contributed by atoms with Gasteiger partial charge in [-0.25, -0.2) is 0 Å². The van der Waals surface area contributed by atoms with E-state index in [1.807, 2.05) is 14.0 Å². The summed E-state index contributed by atoms with van der Waals surface area (Å²) in [6.45, 7) is 2.02. The molecule has 0 aliphatic heterocycles. The quantitative estimate of drug-likeness (QED) is 0.593. The number of rotatable bonds is 3. The second-order valence-corrected chi connectivity index (χ2v) is 2.38. The van der Waals surface area contributed by atoms with Gasteiger partial charge in [0.05, 0.1) is 0 Å². The first kappa shape index (κ1) is 8.15. The van der Waals surface area contributed by atoms with Crippen molar-refractivity contribution >= 4 is 20.2 Å². The van der Waals surface area contributed by atoms with E-state index in [0.717, 1.165) is 4.60 Å². The normalized spacial score (nSPS) is 12.9. The fourth-order valence-corrected chi connectivity index (χ4v) is 0.542. The average molecular weight is 180 g/mol. The van der Waals surface area contributed by atoms with Crippen LogP contribution in [0.3, 0.4) is 0 Å². The molecule has 8 heavy (non-hydrogen) atoms. The van der Waals surface area contributed by atoms with Crippen LogP contribution in [0.2, 0.25) is 0 Å². The molecule has 0 aromatic carbocycles. The van der Waals surface area contributed by atoms with Crippen LogP contribution in [-0.4, -0.2) is 40.4 Å². The molecule has 1 unspecified atom stereocenters. The van der Waals surface area contributed by atoms with Crippen molar-refractivity contribution in [1.82, 2.24) is 5.32 Å². The Kier molecular flexibility index (Phi) is 4.15. The van der Waals surface area contributed by atoms with E-state index in [-0.39, 0.29) is 0 Å². The van der Waals surface area contributed by atoms with Crippen LogP contribution in [0, 0.1) is 0 Å². The standard InChI is InChI=1S/C5H11NOSe/c1-4(6-2)5(8)7-3/h4,6H,1-3H3. The third-order valence-corrected chi connectivity index (χ3v) is 2.08. The van der Waals surface area contributed by atoms with Crippen LogP contribution in [0.5, 0.6) is 0 Å². The van der Waals surface area contributed by atoms with Gasteiger partial charge in [-0.2, -0.15) is 0 Å². The van der Waals surface area contributed by atoms with Gasteiger partial charge in [-0.05, 0) is 0 Å². The van der Waals surface area contributed by atoms with Crippen molar-refractivity contribution in [1.29, 1.82) is 0 Å². The number of hydrogen-bond donors (Lipinski definition) is 1. The van der Waals surface area contributed by atoms with Crippen LogP contribution in [0.1, 0.15) is 6.92 Å². The first-order valence-corrected chi connectivity index (χ1v) is 3.33. The van der Waals surface area contributed by atoms with Crippen molar-refractivity contribution in [3.05, 3.63) is 0 Å². The van der Waals surface area contributed by atoms with Gasteiger partial charge in [-0.1, -0.05) is 0 Å². The van der Waals surface area contributed by atoms with E-state index in [4.69, 9.17) is 4.74 Å². The number of hydrogen-bond acceptors (Lipinski definition) is 2. The summed E-state index contributed by atoms with van der Waals surface area (Å²) in [4.78, 5) is 0. The predicted octanol–water partition coefficient (Wildman–Crippen LogP) is -0.461. The molecule has 0 heterocycles. The number of nitrogens with one attached hydrogen (secondary N) is 1. The van der Waals surface area contributed by atoms with Gasteiger partial charge in [0, 0.05) is 0 Å². The monoisotopic (exact) mass is 181 g/mol. The van der Waals surface area contributed by atoms with Gasteiger partial charge in [0.15, 0.2) is 0 Å². The van der Waals surface area contributed by atoms with Crippen LogP contribution < -0.4 is 5.32 Å². The molecule has 0 aliphatic rings. The molecule has 0 aromatic rings. The van der Waals surface area contributed by atoms with Crippen molar-refractivity contribution in [3.63, 3.8) is 0 Å². The van der Waals surface area contributed by atoms with Crippen molar-refractivity contribution in [2.75, 3.05) is 14.2 Å². The summed E-state index contributed by atoms with van der Waals surface area (Å²) in [7, 11) is 3.54. The summed E-state index contributed by atoms with van der Waals surface area (Å²) < 4.78 is 5.80. The number of ether oxygens (including phenoxy) is 1. The first-order chi connectivity index (χ1) is 3.72. The minimum absolute atomic E-state index is 0.306. The Balaban J connectivity index is 3.46. The predicted molar refractivity (Wildman–Crippen MR) is 36.3 cm³/mol. The second kappa shape index (κ2) is 4.07. The van der Waals surface area contributed by atoms with E-state index >= 15 is 0 Å².